The highest BCUT2D eigenvalue weighted by molar-refractivity contribution is 5.59. The number of nitrogens with two attached hydrogens (primary N) is 1. The number of benzene rings is 1. The van der Waals surface area contributed by atoms with Gasteiger partial charge in [0.05, 0.1) is 5.69 Å². The molecule has 76 valence electrons. The minimum absolute atomic E-state index is 0.131. The van der Waals surface area contributed by atoms with Gasteiger partial charge < -0.3 is 5.73 Å². The zero-order valence-corrected chi connectivity index (χ0v) is 8.24. The number of nitrogens with zero attached hydrogens (tertiary/aromatic N) is 2. The Hall–Kier alpha value is -1.97. The fourth-order valence-corrected chi connectivity index (χ4v) is 1.25. The van der Waals surface area contributed by atoms with E-state index in [-0.39, 0.29) is 5.69 Å². The van der Waals surface area contributed by atoms with E-state index < -0.39 is 5.82 Å². The third-order valence-corrected chi connectivity index (χ3v) is 2.05. The van der Waals surface area contributed by atoms with E-state index >= 15 is 0 Å². The Kier molecular flexibility index (Phi) is 2.33. The lowest BCUT2D eigenvalue weighted by atomic mass is 10.2. The number of aromatic nitrogens is 2. The van der Waals surface area contributed by atoms with E-state index in [9.17, 15) is 4.39 Å². The predicted molar refractivity (Wildman–Crippen MR) is 56.6 cm³/mol. The first-order chi connectivity index (χ1) is 7.16. The standard InChI is InChI=1S/C11H10FN3/c1-7-4-5-14-11(15-7)8-2-3-10(13)9(12)6-8/h2-6H,13H2,1H3. The Morgan fingerprint density at radius 2 is 2.07 bits per heavy atom. The molecule has 0 spiro atoms. The Morgan fingerprint density at radius 3 is 2.73 bits per heavy atom. The van der Waals surface area contributed by atoms with Crippen molar-refractivity contribution < 1.29 is 4.39 Å². The lowest BCUT2D eigenvalue weighted by molar-refractivity contribution is 0.633. The van der Waals surface area contributed by atoms with Crippen LogP contribution in [0.15, 0.2) is 30.5 Å². The second-order valence-electron chi connectivity index (χ2n) is 3.26. The molecule has 0 radical (unpaired) electrons. The minimum Gasteiger partial charge on any atom is -0.396 e. The summed E-state index contributed by atoms with van der Waals surface area (Å²) in [4.78, 5) is 8.26. The van der Waals surface area contributed by atoms with Crippen molar-refractivity contribution in [1.29, 1.82) is 0 Å². The van der Waals surface area contributed by atoms with Crippen molar-refractivity contribution in [2.24, 2.45) is 0 Å². The fraction of sp³-hybridized carbons (Fsp3) is 0.0909. The van der Waals surface area contributed by atoms with Crippen LogP contribution in [0.5, 0.6) is 0 Å². The summed E-state index contributed by atoms with van der Waals surface area (Å²) >= 11 is 0. The molecule has 0 saturated carbocycles. The Morgan fingerprint density at radius 1 is 1.27 bits per heavy atom. The van der Waals surface area contributed by atoms with Crippen LogP contribution < -0.4 is 5.73 Å². The van der Waals surface area contributed by atoms with Gasteiger partial charge in [-0.05, 0) is 31.2 Å². The number of nitrogen functional groups attached to an aromatic ring is 1. The van der Waals surface area contributed by atoms with Gasteiger partial charge in [0.15, 0.2) is 5.82 Å². The molecular weight excluding hydrogens is 193 g/mol. The van der Waals surface area contributed by atoms with Gasteiger partial charge in [0, 0.05) is 17.5 Å². The first-order valence-corrected chi connectivity index (χ1v) is 4.52. The summed E-state index contributed by atoms with van der Waals surface area (Å²) < 4.78 is 13.2. The maximum Gasteiger partial charge on any atom is 0.159 e. The van der Waals surface area contributed by atoms with Crippen molar-refractivity contribution in [2.75, 3.05) is 5.73 Å². The first-order valence-electron chi connectivity index (χ1n) is 4.52. The molecule has 2 N–H and O–H groups in total. The van der Waals surface area contributed by atoms with Gasteiger partial charge >= 0.3 is 0 Å². The summed E-state index contributed by atoms with van der Waals surface area (Å²) in [6, 6.07) is 6.34. The van der Waals surface area contributed by atoms with Gasteiger partial charge in [-0.15, -0.1) is 0 Å². The minimum atomic E-state index is -0.447. The van der Waals surface area contributed by atoms with Crippen molar-refractivity contribution >= 4 is 5.69 Å². The zero-order chi connectivity index (χ0) is 10.8. The van der Waals surface area contributed by atoms with Crippen LogP contribution in [-0.4, -0.2) is 9.97 Å². The monoisotopic (exact) mass is 203 g/mol. The number of halogens is 1. The Labute approximate surface area is 86.8 Å². The van der Waals surface area contributed by atoms with Crippen molar-refractivity contribution in [2.45, 2.75) is 6.92 Å². The van der Waals surface area contributed by atoms with E-state index in [1.807, 2.05) is 6.92 Å². The molecule has 0 amide bonds. The Bertz CT molecular complexity index is 497. The van der Waals surface area contributed by atoms with E-state index in [1.165, 1.54) is 12.1 Å². The van der Waals surface area contributed by atoms with Crippen molar-refractivity contribution in [3.05, 3.63) is 42.0 Å². The maximum absolute atomic E-state index is 13.2. The molecular formula is C11H10FN3. The lowest BCUT2D eigenvalue weighted by Crippen LogP contribution is -1.94. The Balaban J connectivity index is 2.50. The highest BCUT2D eigenvalue weighted by Crippen LogP contribution is 2.19. The SMILES string of the molecule is Cc1ccnc(-c2ccc(N)c(F)c2)n1. The molecule has 0 fully saturated rings. The van der Waals surface area contributed by atoms with Gasteiger partial charge in [-0.2, -0.15) is 0 Å². The van der Waals surface area contributed by atoms with Crippen molar-refractivity contribution in [1.82, 2.24) is 9.97 Å². The van der Waals surface area contributed by atoms with Crippen LogP contribution in [0.2, 0.25) is 0 Å². The highest BCUT2D eigenvalue weighted by atomic mass is 19.1. The van der Waals surface area contributed by atoms with Gasteiger partial charge in [-0.1, -0.05) is 0 Å². The number of rotatable bonds is 1. The summed E-state index contributed by atoms with van der Waals surface area (Å²) in [7, 11) is 0. The normalized spacial score (nSPS) is 10.3. The smallest absolute Gasteiger partial charge is 0.159 e. The van der Waals surface area contributed by atoms with Crippen LogP contribution in [-0.2, 0) is 0 Å². The van der Waals surface area contributed by atoms with E-state index in [0.717, 1.165) is 5.69 Å². The van der Waals surface area contributed by atoms with E-state index in [0.29, 0.717) is 11.4 Å². The third-order valence-electron chi connectivity index (χ3n) is 2.05. The molecule has 1 aromatic heterocycles. The average Bonchev–Trinajstić information content (AvgIpc) is 2.22. The second-order valence-corrected chi connectivity index (χ2v) is 3.26. The highest BCUT2D eigenvalue weighted by Gasteiger charge is 2.04. The summed E-state index contributed by atoms with van der Waals surface area (Å²) in [5.41, 5.74) is 6.99. The number of hydrogen-bond donors (Lipinski definition) is 1. The van der Waals surface area contributed by atoms with Gasteiger partial charge in [-0.25, -0.2) is 14.4 Å². The molecule has 0 aliphatic carbocycles. The number of anilines is 1. The molecule has 3 nitrogen and oxygen atoms in total. The van der Waals surface area contributed by atoms with Gasteiger partial charge in [0.1, 0.15) is 5.82 Å². The molecule has 0 atom stereocenters. The predicted octanol–water partition coefficient (Wildman–Crippen LogP) is 2.17. The largest absolute Gasteiger partial charge is 0.396 e. The first kappa shape index (κ1) is 9.58. The average molecular weight is 203 g/mol. The van der Waals surface area contributed by atoms with E-state index in [1.54, 1.807) is 18.3 Å². The molecule has 15 heavy (non-hydrogen) atoms. The molecule has 1 aromatic carbocycles. The number of hydrogen-bond acceptors (Lipinski definition) is 3. The molecule has 2 aromatic rings. The molecule has 2 rings (SSSR count). The van der Waals surface area contributed by atoms with Gasteiger partial charge in [0.25, 0.3) is 0 Å². The number of aryl methyl sites for hydroxylation is 1. The summed E-state index contributed by atoms with van der Waals surface area (Å²) in [6.45, 7) is 1.86. The molecule has 0 aliphatic rings. The molecule has 0 unspecified atom stereocenters. The third kappa shape index (κ3) is 1.93. The van der Waals surface area contributed by atoms with E-state index in [4.69, 9.17) is 5.73 Å². The van der Waals surface area contributed by atoms with Crippen molar-refractivity contribution in [3.8, 4) is 11.4 Å². The van der Waals surface area contributed by atoms with Gasteiger partial charge in [0.2, 0.25) is 0 Å². The summed E-state index contributed by atoms with van der Waals surface area (Å²) in [5.74, 6) is 0.0616. The fourth-order valence-electron chi connectivity index (χ4n) is 1.25. The van der Waals surface area contributed by atoms with Crippen LogP contribution in [0.1, 0.15) is 5.69 Å². The van der Waals surface area contributed by atoms with Crippen LogP contribution in [0.4, 0.5) is 10.1 Å². The van der Waals surface area contributed by atoms with Gasteiger partial charge in [-0.3, -0.25) is 0 Å². The lowest BCUT2D eigenvalue weighted by Gasteiger charge is -2.02. The van der Waals surface area contributed by atoms with Crippen LogP contribution in [0.25, 0.3) is 11.4 Å². The quantitative estimate of drug-likeness (QED) is 0.722. The van der Waals surface area contributed by atoms with Crippen molar-refractivity contribution in [3.63, 3.8) is 0 Å². The second kappa shape index (κ2) is 3.65. The molecule has 0 bridgehead atoms. The molecule has 0 saturated heterocycles. The van der Waals surface area contributed by atoms with Crippen LogP contribution in [0.3, 0.4) is 0 Å². The maximum atomic E-state index is 13.2. The summed E-state index contributed by atoms with van der Waals surface area (Å²) in [6.07, 6.45) is 1.64. The topological polar surface area (TPSA) is 51.8 Å². The zero-order valence-electron chi connectivity index (χ0n) is 8.24. The van der Waals surface area contributed by atoms with Crippen LogP contribution in [0, 0.1) is 12.7 Å². The van der Waals surface area contributed by atoms with E-state index in [2.05, 4.69) is 9.97 Å². The molecule has 4 heteroatoms. The molecule has 1 heterocycles. The summed E-state index contributed by atoms with van der Waals surface area (Å²) in [5, 5.41) is 0. The van der Waals surface area contributed by atoms with Crippen LogP contribution >= 0.6 is 0 Å². The molecule has 0 aliphatic heterocycles.